The Hall–Kier alpha value is -2.73. The second kappa shape index (κ2) is 7.25. The molecule has 0 radical (unpaired) electrons. The number of aryl methyl sites for hydroxylation is 1. The molecule has 1 aromatic carbocycles. The van der Waals surface area contributed by atoms with Crippen LogP contribution in [-0.2, 0) is 13.5 Å². The largest absolute Gasteiger partial charge is 0.335 e. The Morgan fingerprint density at radius 2 is 1.81 bits per heavy atom. The molecule has 3 heterocycles. The zero-order valence-corrected chi connectivity index (χ0v) is 15.0. The van der Waals surface area contributed by atoms with E-state index in [1.807, 2.05) is 54.5 Å². The third kappa shape index (κ3) is 3.32. The van der Waals surface area contributed by atoms with Gasteiger partial charge in [-0.25, -0.2) is 0 Å². The summed E-state index contributed by atoms with van der Waals surface area (Å²) in [5.74, 6) is 0.0335. The van der Waals surface area contributed by atoms with Crippen molar-refractivity contribution in [3.63, 3.8) is 0 Å². The number of aromatic nitrogens is 3. The number of fused-ring (bicyclic) bond motifs is 1. The van der Waals surface area contributed by atoms with Crippen LogP contribution in [0.15, 0.2) is 48.7 Å². The lowest BCUT2D eigenvalue weighted by Gasteiger charge is -2.34. The van der Waals surface area contributed by atoms with E-state index in [-0.39, 0.29) is 5.91 Å². The predicted molar refractivity (Wildman–Crippen MR) is 101 cm³/mol. The summed E-state index contributed by atoms with van der Waals surface area (Å²) in [7, 11) is 1.88. The van der Waals surface area contributed by atoms with Crippen LogP contribution in [0.25, 0.3) is 10.9 Å². The standard InChI is InChI=1S/C20H23N5O/c1-23-18-8-3-2-7-17(18)19(22-23)20(26)25-14-12-24(13-15-25)11-9-16-6-4-5-10-21-16/h2-8,10H,9,11-15H2,1H3. The number of rotatable bonds is 4. The zero-order valence-electron chi connectivity index (χ0n) is 15.0. The van der Waals surface area contributed by atoms with Gasteiger partial charge in [0.15, 0.2) is 5.69 Å². The fourth-order valence-corrected chi connectivity index (χ4v) is 3.51. The van der Waals surface area contributed by atoms with Gasteiger partial charge in [-0.3, -0.25) is 19.4 Å². The number of hydrogen-bond acceptors (Lipinski definition) is 4. The number of benzene rings is 1. The third-order valence-corrected chi connectivity index (χ3v) is 5.03. The molecule has 0 aliphatic carbocycles. The van der Waals surface area contributed by atoms with Crippen LogP contribution in [0.3, 0.4) is 0 Å². The Kier molecular flexibility index (Phi) is 4.67. The molecule has 3 aromatic rings. The van der Waals surface area contributed by atoms with Crippen LogP contribution in [-0.4, -0.2) is 63.2 Å². The highest BCUT2D eigenvalue weighted by molar-refractivity contribution is 6.04. The Bertz CT molecular complexity index is 897. The Labute approximate surface area is 153 Å². The molecule has 1 aliphatic rings. The van der Waals surface area contributed by atoms with E-state index in [2.05, 4.69) is 21.0 Å². The number of amides is 1. The molecule has 134 valence electrons. The van der Waals surface area contributed by atoms with Gasteiger partial charge in [-0.15, -0.1) is 0 Å². The minimum atomic E-state index is 0.0335. The van der Waals surface area contributed by atoms with Crippen LogP contribution in [0.4, 0.5) is 0 Å². The maximum absolute atomic E-state index is 12.9. The molecule has 4 rings (SSSR count). The summed E-state index contributed by atoms with van der Waals surface area (Å²) in [6, 6.07) is 13.9. The van der Waals surface area contributed by atoms with Crippen molar-refractivity contribution in [2.45, 2.75) is 6.42 Å². The van der Waals surface area contributed by atoms with Crippen molar-refractivity contribution in [3.8, 4) is 0 Å². The summed E-state index contributed by atoms with van der Waals surface area (Å²) >= 11 is 0. The van der Waals surface area contributed by atoms with Crippen LogP contribution in [0.2, 0.25) is 0 Å². The summed E-state index contributed by atoms with van der Waals surface area (Å²) in [5, 5.41) is 5.39. The molecule has 6 heteroatoms. The van der Waals surface area contributed by atoms with Crippen LogP contribution < -0.4 is 0 Å². The van der Waals surface area contributed by atoms with Crippen molar-refractivity contribution in [1.29, 1.82) is 0 Å². The lowest BCUT2D eigenvalue weighted by atomic mass is 10.2. The maximum Gasteiger partial charge on any atom is 0.275 e. The molecule has 26 heavy (non-hydrogen) atoms. The van der Waals surface area contributed by atoms with Crippen molar-refractivity contribution in [2.75, 3.05) is 32.7 Å². The first-order chi connectivity index (χ1) is 12.7. The molecule has 2 aromatic heterocycles. The Balaban J connectivity index is 1.37. The van der Waals surface area contributed by atoms with Crippen LogP contribution in [0.5, 0.6) is 0 Å². The number of pyridine rings is 1. The van der Waals surface area contributed by atoms with E-state index in [1.54, 1.807) is 4.68 Å². The Morgan fingerprint density at radius 1 is 1.04 bits per heavy atom. The maximum atomic E-state index is 12.9. The first-order valence-electron chi connectivity index (χ1n) is 9.05. The van der Waals surface area contributed by atoms with E-state index in [4.69, 9.17) is 0 Å². The fourth-order valence-electron chi connectivity index (χ4n) is 3.51. The summed E-state index contributed by atoms with van der Waals surface area (Å²) in [6.45, 7) is 4.25. The molecule has 0 spiro atoms. The molecule has 1 saturated heterocycles. The minimum absolute atomic E-state index is 0.0335. The molecular formula is C20H23N5O. The molecule has 6 nitrogen and oxygen atoms in total. The number of carbonyl (C=O) groups excluding carboxylic acids is 1. The molecule has 0 unspecified atom stereocenters. The van der Waals surface area contributed by atoms with E-state index in [0.717, 1.165) is 55.7 Å². The van der Waals surface area contributed by atoms with Gasteiger partial charge < -0.3 is 4.90 Å². The summed E-state index contributed by atoms with van der Waals surface area (Å²) < 4.78 is 1.78. The van der Waals surface area contributed by atoms with Crippen molar-refractivity contribution < 1.29 is 4.79 Å². The minimum Gasteiger partial charge on any atom is -0.335 e. The van der Waals surface area contributed by atoms with Gasteiger partial charge in [0.05, 0.1) is 5.52 Å². The highest BCUT2D eigenvalue weighted by atomic mass is 16.2. The summed E-state index contributed by atoms with van der Waals surface area (Å²) in [4.78, 5) is 21.6. The number of carbonyl (C=O) groups is 1. The predicted octanol–water partition coefficient (Wildman–Crippen LogP) is 1.97. The smallest absolute Gasteiger partial charge is 0.275 e. The second-order valence-electron chi connectivity index (χ2n) is 6.69. The van der Waals surface area contributed by atoms with Crippen molar-refractivity contribution >= 4 is 16.8 Å². The van der Waals surface area contributed by atoms with Crippen LogP contribution in [0.1, 0.15) is 16.2 Å². The zero-order chi connectivity index (χ0) is 17.9. The van der Waals surface area contributed by atoms with Gasteiger partial charge in [0, 0.05) is 63.5 Å². The molecular weight excluding hydrogens is 326 g/mol. The van der Waals surface area contributed by atoms with Gasteiger partial charge in [-0.1, -0.05) is 24.3 Å². The number of para-hydroxylation sites is 1. The highest BCUT2D eigenvalue weighted by Gasteiger charge is 2.25. The fraction of sp³-hybridized carbons (Fsp3) is 0.350. The molecule has 0 saturated carbocycles. The lowest BCUT2D eigenvalue weighted by Crippen LogP contribution is -2.49. The van der Waals surface area contributed by atoms with Crippen molar-refractivity contribution in [1.82, 2.24) is 24.6 Å². The average Bonchev–Trinajstić information content (AvgIpc) is 3.04. The van der Waals surface area contributed by atoms with Gasteiger partial charge >= 0.3 is 0 Å². The topological polar surface area (TPSA) is 54.3 Å². The molecule has 0 atom stereocenters. The van der Waals surface area contributed by atoms with E-state index in [9.17, 15) is 4.79 Å². The molecule has 1 aliphatic heterocycles. The first-order valence-corrected chi connectivity index (χ1v) is 9.05. The molecule has 0 bridgehead atoms. The molecule has 1 amide bonds. The number of hydrogen-bond donors (Lipinski definition) is 0. The van der Waals surface area contributed by atoms with Crippen LogP contribution >= 0.6 is 0 Å². The molecule has 1 fully saturated rings. The third-order valence-electron chi connectivity index (χ3n) is 5.03. The van der Waals surface area contributed by atoms with Gasteiger partial charge in [-0.05, 0) is 18.2 Å². The van der Waals surface area contributed by atoms with Crippen molar-refractivity contribution in [3.05, 3.63) is 60.0 Å². The number of nitrogens with zero attached hydrogens (tertiary/aromatic N) is 5. The summed E-state index contributed by atoms with van der Waals surface area (Å²) in [6.07, 6.45) is 2.78. The van der Waals surface area contributed by atoms with E-state index in [0.29, 0.717) is 5.69 Å². The summed E-state index contributed by atoms with van der Waals surface area (Å²) in [5.41, 5.74) is 2.67. The van der Waals surface area contributed by atoms with Gasteiger partial charge in [0.1, 0.15) is 0 Å². The number of piperazine rings is 1. The highest BCUT2D eigenvalue weighted by Crippen LogP contribution is 2.19. The first kappa shape index (κ1) is 16.7. The van der Waals surface area contributed by atoms with Gasteiger partial charge in [0.2, 0.25) is 0 Å². The van der Waals surface area contributed by atoms with E-state index < -0.39 is 0 Å². The molecule has 0 N–H and O–H groups in total. The average molecular weight is 349 g/mol. The van der Waals surface area contributed by atoms with E-state index in [1.165, 1.54) is 0 Å². The Morgan fingerprint density at radius 3 is 2.58 bits per heavy atom. The SMILES string of the molecule is Cn1nc(C(=O)N2CCN(CCc3ccccn3)CC2)c2ccccc21. The second-order valence-corrected chi connectivity index (χ2v) is 6.69. The quantitative estimate of drug-likeness (QED) is 0.723. The van der Waals surface area contributed by atoms with Crippen molar-refractivity contribution in [2.24, 2.45) is 7.05 Å². The van der Waals surface area contributed by atoms with E-state index >= 15 is 0 Å². The van der Waals surface area contributed by atoms with Gasteiger partial charge in [0.25, 0.3) is 5.91 Å². The van der Waals surface area contributed by atoms with Crippen LogP contribution in [0, 0.1) is 0 Å². The normalized spacial score (nSPS) is 15.5. The monoisotopic (exact) mass is 349 g/mol. The lowest BCUT2D eigenvalue weighted by molar-refractivity contribution is 0.0633. The van der Waals surface area contributed by atoms with Gasteiger partial charge in [-0.2, -0.15) is 5.10 Å².